The monoisotopic (exact) mass is 733 g/mol. The van der Waals surface area contributed by atoms with E-state index < -0.39 is 5.97 Å². The van der Waals surface area contributed by atoms with E-state index in [9.17, 15) is 9.59 Å². The highest BCUT2D eigenvalue weighted by molar-refractivity contribution is 5.69. The summed E-state index contributed by atoms with van der Waals surface area (Å²) in [5.41, 5.74) is 0. The first kappa shape index (κ1) is 50.7. The third-order valence-corrected chi connectivity index (χ3v) is 11.0. The van der Waals surface area contributed by atoms with E-state index in [4.69, 9.17) is 9.84 Å². The SMILES string of the molecule is CCCCCCCC/C=C\CCCCCCCCCCCCCC(=O)OC(CCCCCCCCCCCCCC)CCCCCCCCC(=O)O. The van der Waals surface area contributed by atoms with Gasteiger partial charge in [-0.2, -0.15) is 0 Å². The lowest BCUT2D eigenvalue weighted by atomic mass is 10.0. The number of esters is 1. The lowest BCUT2D eigenvalue weighted by Gasteiger charge is -2.18. The molecule has 0 aromatic carbocycles. The van der Waals surface area contributed by atoms with E-state index in [2.05, 4.69) is 26.0 Å². The number of ether oxygens (including phenoxy) is 1. The number of aliphatic carboxylic acids is 1. The van der Waals surface area contributed by atoms with Crippen LogP contribution >= 0.6 is 0 Å². The Hall–Kier alpha value is -1.32. The molecule has 4 nitrogen and oxygen atoms in total. The minimum absolute atomic E-state index is 0.0194. The van der Waals surface area contributed by atoms with Crippen LogP contribution in [0.1, 0.15) is 277 Å². The summed E-state index contributed by atoms with van der Waals surface area (Å²) in [4.78, 5) is 23.5. The molecule has 0 aromatic heterocycles. The van der Waals surface area contributed by atoms with Gasteiger partial charge in [0, 0.05) is 12.8 Å². The second-order valence-electron chi connectivity index (χ2n) is 16.3. The van der Waals surface area contributed by atoms with Crippen molar-refractivity contribution in [3.63, 3.8) is 0 Å². The average molecular weight is 733 g/mol. The summed E-state index contributed by atoms with van der Waals surface area (Å²) >= 11 is 0. The quantitative estimate of drug-likeness (QED) is 0.0385. The van der Waals surface area contributed by atoms with E-state index in [1.807, 2.05) is 0 Å². The standard InChI is InChI=1S/C48H92O4/c1-3-5-7-9-11-13-15-17-18-19-20-21-22-23-24-25-27-29-31-37-41-45-48(51)52-46(43-39-35-32-33-36-40-44-47(49)50)42-38-34-30-28-26-16-14-12-10-8-6-4-2/h17-18,46H,3-16,19-45H2,1-2H3,(H,49,50)/b18-17-. The van der Waals surface area contributed by atoms with Crippen LogP contribution in [0.5, 0.6) is 0 Å². The molecule has 0 rings (SSSR count). The van der Waals surface area contributed by atoms with Crippen molar-refractivity contribution in [1.82, 2.24) is 0 Å². The Morgan fingerprint density at radius 1 is 0.404 bits per heavy atom. The van der Waals surface area contributed by atoms with Crippen LogP contribution in [0.15, 0.2) is 12.2 Å². The summed E-state index contributed by atoms with van der Waals surface area (Å²) in [6.45, 7) is 4.57. The van der Waals surface area contributed by atoms with E-state index in [1.54, 1.807) is 0 Å². The van der Waals surface area contributed by atoms with Gasteiger partial charge in [0.1, 0.15) is 6.10 Å². The van der Waals surface area contributed by atoms with Crippen LogP contribution in [0.25, 0.3) is 0 Å². The van der Waals surface area contributed by atoms with Crippen molar-refractivity contribution < 1.29 is 19.4 Å². The lowest BCUT2D eigenvalue weighted by Crippen LogP contribution is -2.18. The molecular formula is C48H92O4. The summed E-state index contributed by atoms with van der Waals surface area (Å²) in [6.07, 6.45) is 55.4. The molecule has 0 saturated heterocycles. The van der Waals surface area contributed by atoms with Crippen LogP contribution in [0.3, 0.4) is 0 Å². The first-order valence-corrected chi connectivity index (χ1v) is 23.7. The zero-order valence-corrected chi connectivity index (χ0v) is 35.4. The van der Waals surface area contributed by atoms with E-state index in [0.717, 1.165) is 64.2 Å². The van der Waals surface area contributed by atoms with Crippen molar-refractivity contribution in [2.24, 2.45) is 0 Å². The van der Waals surface area contributed by atoms with Crippen LogP contribution in [-0.4, -0.2) is 23.1 Å². The van der Waals surface area contributed by atoms with Crippen LogP contribution in [0.4, 0.5) is 0 Å². The van der Waals surface area contributed by atoms with Gasteiger partial charge in [-0.05, 0) is 64.2 Å². The van der Waals surface area contributed by atoms with Crippen LogP contribution in [0, 0.1) is 0 Å². The van der Waals surface area contributed by atoms with Gasteiger partial charge in [-0.25, -0.2) is 0 Å². The predicted molar refractivity (Wildman–Crippen MR) is 227 cm³/mol. The van der Waals surface area contributed by atoms with Crippen LogP contribution in [0.2, 0.25) is 0 Å². The largest absolute Gasteiger partial charge is 0.481 e. The highest BCUT2D eigenvalue weighted by Crippen LogP contribution is 2.20. The number of hydrogen-bond acceptors (Lipinski definition) is 3. The van der Waals surface area contributed by atoms with Gasteiger partial charge in [0.2, 0.25) is 0 Å². The van der Waals surface area contributed by atoms with E-state index >= 15 is 0 Å². The molecule has 0 aromatic rings. The Bertz CT molecular complexity index is 747. The molecule has 308 valence electrons. The Morgan fingerprint density at radius 3 is 1.04 bits per heavy atom. The molecule has 1 N–H and O–H groups in total. The van der Waals surface area contributed by atoms with E-state index in [1.165, 1.54) is 186 Å². The van der Waals surface area contributed by atoms with Crippen molar-refractivity contribution in [1.29, 1.82) is 0 Å². The normalized spacial score (nSPS) is 12.2. The second kappa shape index (κ2) is 44.1. The molecule has 52 heavy (non-hydrogen) atoms. The van der Waals surface area contributed by atoms with Gasteiger partial charge in [0.25, 0.3) is 0 Å². The fourth-order valence-electron chi connectivity index (χ4n) is 7.48. The third-order valence-electron chi connectivity index (χ3n) is 11.0. The van der Waals surface area contributed by atoms with E-state index in [0.29, 0.717) is 6.42 Å². The summed E-state index contributed by atoms with van der Waals surface area (Å²) in [5, 5.41) is 8.82. The number of carbonyl (C=O) groups excluding carboxylic acids is 1. The number of carbonyl (C=O) groups is 2. The number of carboxylic acid groups (broad SMARTS) is 1. The average Bonchev–Trinajstić information content (AvgIpc) is 3.13. The maximum absolute atomic E-state index is 12.8. The molecular weight excluding hydrogens is 641 g/mol. The number of unbranched alkanes of at least 4 members (excludes halogenated alkanes) is 33. The lowest BCUT2D eigenvalue weighted by molar-refractivity contribution is -0.150. The van der Waals surface area contributed by atoms with Gasteiger partial charge < -0.3 is 9.84 Å². The van der Waals surface area contributed by atoms with Gasteiger partial charge in [0.15, 0.2) is 0 Å². The van der Waals surface area contributed by atoms with Crippen molar-refractivity contribution in [3.8, 4) is 0 Å². The third kappa shape index (κ3) is 43.1. The second-order valence-corrected chi connectivity index (χ2v) is 16.3. The Balaban J connectivity index is 3.91. The highest BCUT2D eigenvalue weighted by atomic mass is 16.5. The van der Waals surface area contributed by atoms with Crippen molar-refractivity contribution >= 4 is 11.9 Å². The van der Waals surface area contributed by atoms with Crippen LogP contribution < -0.4 is 0 Å². The van der Waals surface area contributed by atoms with Crippen molar-refractivity contribution in [2.75, 3.05) is 0 Å². The summed E-state index contributed by atoms with van der Waals surface area (Å²) in [7, 11) is 0. The fraction of sp³-hybridized carbons (Fsp3) is 0.917. The van der Waals surface area contributed by atoms with Gasteiger partial charge in [-0.15, -0.1) is 0 Å². The molecule has 0 aliphatic rings. The smallest absolute Gasteiger partial charge is 0.306 e. The van der Waals surface area contributed by atoms with Crippen LogP contribution in [-0.2, 0) is 14.3 Å². The Labute approximate surface area is 325 Å². The maximum Gasteiger partial charge on any atom is 0.306 e. The zero-order valence-electron chi connectivity index (χ0n) is 35.4. The molecule has 1 unspecified atom stereocenters. The maximum atomic E-state index is 12.8. The van der Waals surface area contributed by atoms with Gasteiger partial charge in [0.05, 0.1) is 0 Å². The number of carboxylic acids is 1. The molecule has 1 atom stereocenters. The van der Waals surface area contributed by atoms with Gasteiger partial charge >= 0.3 is 11.9 Å². The molecule has 0 amide bonds. The number of rotatable bonds is 44. The fourth-order valence-corrected chi connectivity index (χ4v) is 7.48. The van der Waals surface area contributed by atoms with E-state index in [-0.39, 0.29) is 18.5 Å². The Morgan fingerprint density at radius 2 is 0.692 bits per heavy atom. The molecule has 0 bridgehead atoms. The van der Waals surface area contributed by atoms with Crippen molar-refractivity contribution in [3.05, 3.63) is 12.2 Å². The molecule has 4 heteroatoms. The summed E-state index contributed by atoms with van der Waals surface area (Å²) < 4.78 is 6.06. The molecule has 0 aliphatic heterocycles. The molecule has 0 aliphatic carbocycles. The summed E-state index contributed by atoms with van der Waals surface area (Å²) in [5.74, 6) is -0.669. The number of allylic oxidation sites excluding steroid dienone is 2. The molecule has 0 fully saturated rings. The van der Waals surface area contributed by atoms with Gasteiger partial charge in [-0.3, -0.25) is 9.59 Å². The Kier molecular flexibility index (Phi) is 43.0. The summed E-state index contributed by atoms with van der Waals surface area (Å²) in [6, 6.07) is 0. The molecule has 0 spiro atoms. The number of hydrogen-bond donors (Lipinski definition) is 1. The first-order chi connectivity index (χ1) is 25.6. The van der Waals surface area contributed by atoms with Gasteiger partial charge in [-0.1, -0.05) is 212 Å². The topological polar surface area (TPSA) is 63.6 Å². The first-order valence-electron chi connectivity index (χ1n) is 23.7. The zero-order chi connectivity index (χ0) is 37.8. The van der Waals surface area contributed by atoms with Crippen molar-refractivity contribution in [2.45, 2.75) is 283 Å². The minimum atomic E-state index is -0.688. The molecule has 0 radical (unpaired) electrons. The molecule has 0 heterocycles. The molecule has 0 saturated carbocycles. The predicted octanol–water partition coefficient (Wildman–Crippen LogP) is 16.6. The minimum Gasteiger partial charge on any atom is -0.481 e. The highest BCUT2D eigenvalue weighted by Gasteiger charge is 2.14.